The average Bonchev–Trinajstić information content (AvgIpc) is 3.03. The highest BCUT2D eigenvalue weighted by atomic mass is 16.5. The van der Waals surface area contributed by atoms with Crippen molar-refractivity contribution in [1.82, 2.24) is 5.32 Å². The zero-order valence-corrected chi connectivity index (χ0v) is 22.8. The lowest BCUT2D eigenvalue weighted by Gasteiger charge is -2.19. The van der Waals surface area contributed by atoms with Crippen molar-refractivity contribution in [2.24, 2.45) is 0 Å². The second-order valence-corrected chi connectivity index (χ2v) is 9.61. The maximum atomic E-state index is 13.3. The molecule has 5 aromatic rings. The molecule has 5 rings (SSSR count). The Morgan fingerprint density at radius 3 is 1.95 bits per heavy atom. The first-order valence-corrected chi connectivity index (χ1v) is 13.4. The molecule has 206 valence electrons. The molecule has 1 atom stereocenters. The third-order valence-electron chi connectivity index (χ3n) is 6.75. The second-order valence-electron chi connectivity index (χ2n) is 9.61. The molecule has 0 saturated carbocycles. The van der Waals surface area contributed by atoms with Crippen LogP contribution >= 0.6 is 0 Å². The van der Waals surface area contributed by atoms with Crippen LogP contribution < -0.4 is 14.8 Å². The molecule has 0 aromatic heterocycles. The van der Waals surface area contributed by atoms with E-state index in [2.05, 4.69) is 5.32 Å². The molecule has 6 nitrogen and oxygen atoms in total. The van der Waals surface area contributed by atoms with Gasteiger partial charge in [-0.25, -0.2) is 4.79 Å². The highest BCUT2D eigenvalue weighted by molar-refractivity contribution is 6.08. The van der Waals surface area contributed by atoms with Crippen molar-refractivity contribution in [3.05, 3.63) is 144 Å². The zero-order chi connectivity index (χ0) is 28.4. The minimum absolute atomic E-state index is 0.212. The Kier molecular flexibility index (Phi) is 8.91. The van der Waals surface area contributed by atoms with Gasteiger partial charge >= 0.3 is 5.97 Å². The molecule has 41 heavy (non-hydrogen) atoms. The summed E-state index contributed by atoms with van der Waals surface area (Å²) < 4.78 is 17.4. The van der Waals surface area contributed by atoms with Crippen LogP contribution in [0, 0.1) is 0 Å². The van der Waals surface area contributed by atoms with Crippen LogP contribution in [0.5, 0.6) is 11.5 Å². The summed E-state index contributed by atoms with van der Waals surface area (Å²) in [4.78, 5) is 26.1. The zero-order valence-electron chi connectivity index (χ0n) is 22.8. The Balaban J connectivity index is 1.37. The lowest BCUT2D eigenvalue weighted by Crippen LogP contribution is -2.43. The Labute approximate surface area is 239 Å². The van der Waals surface area contributed by atoms with Crippen LogP contribution in [0.4, 0.5) is 0 Å². The van der Waals surface area contributed by atoms with Crippen molar-refractivity contribution in [2.75, 3.05) is 7.11 Å². The van der Waals surface area contributed by atoms with Gasteiger partial charge in [-0.15, -0.1) is 0 Å². The molecule has 1 N–H and O–H groups in total. The van der Waals surface area contributed by atoms with Crippen LogP contribution in [0.1, 0.15) is 27.0 Å². The molecule has 0 saturated heterocycles. The smallest absolute Gasteiger partial charge is 0.328 e. The van der Waals surface area contributed by atoms with Gasteiger partial charge in [-0.2, -0.15) is 0 Å². The van der Waals surface area contributed by atoms with Crippen molar-refractivity contribution in [2.45, 2.75) is 25.7 Å². The lowest BCUT2D eigenvalue weighted by molar-refractivity contribution is -0.142. The molecular formula is C35H31NO5. The summed E-state index contributed by atoms with van der Waals surface area (Å²) in [7, 11) is 1.31. The van der Waals surface area contributed by atoms with E-state index in [0.29, 0.717) is 30.3 Å². The minimum atomic E-state index is -0.899. The molecule has 0 aliphatic rings. The summed E-state index contributed by atoms with van der Waals surface area (Å²) in [5.41, 5.74) is 3.33. The fourth-order valence-electron chi connectivity index (χ4n) is 4.61. The maximum Gasteiger partial charge on any atom is 0.328 e. The van der Waals surface area contributed by atoms with Crippen LogP contribution in [-0.4, -0.2) is 25.0 Å². The minimum Gasteiger partial charge on any atom is -0.485 e. The highest BCUT2D eigenvalue weighted by Crippen LogP contribution is 2.31. The number of rotatable bonds is 11. The molecule has 0 aliphatic carbocycles. The Morgan fingerprint density at radius 2 is 1.27 bits per heavy atom. The molecule has 0 fully saturated rings. The van der Waals surface area contributed by atoms with Crippen molar-refractivity contribution >= 4 is 22.6 Å². The van der Waals surface area contributed by atoms with Gasteiger partial charge in [0.1, 0.15) is 19.3 Å². The summed E-state index contributed by atoms with van der Waals surface area (Å²) in [6, 6.07) is 37.6. The maximum absolute atomic E-state index is 13.3. The number of hydrogen-bond acceptors (Lipinski definition) is 5. The third kappa shape index (κ3) is 7.11. The molecule has 6 heteroatoms. The number of ether oxygens (including phenoxy) is 3. The van der Waals surface area contributed by atoms with Crippen molar-refractivity contribution in [1.29, 1.82) is 0 Å². The van der Waals surface area contributed by atoms with Crippen LogP contribution in [0.15, 0.2) is 121 Å². The Hall–Kier alpha value is -5.10. The number of benzene rings is 5. The standard InChI is InChI=1S/C35H31NO5/c1-39-35(38)31(36-34(37)30-18-10-16-28-15-8-9-17-29(28)30)21-27-19-20-32(40-23-25-11-4-2-5-12-25)33(22-27)41-24-26-13-6-3-7-14-26/h2-20,22,31H,21,23-24H2,1H3,(H,36,37)/t31-/m1/s1. The van der Waals surface area contributed by atoms with Gasteiger partial charge < -0.3 is 19.5 Å². The first-order chi connectivity index (χ1) is 20.1. The van der Waals surface area contributed by atoms with Crippen molar-refractivity contribution in [3.8, 4) is 11.5 Å². The number of amides is 1. The molecule has 0 radical (unpaired) electrons. The largest absolute Gasteiger partial charge is 0.485 e. The van der Waals surface area contributed by atoms with E-state index in [-0.39, 0.29) is 12.3 Å². The van der Waals surface area contributed by atoms with Crippen molar-refractivity contribution < 1.29 is 23.8 Å². The Bertz CT molecular complexity index is 1610. The molecule has 0 heterocycles. The van der Waals surface area contributed by atoms with Gasteiger partial charge in [0.15, 0.2) is 11.5 Å². The van der Waals surface area contributed by atoms with E-state index in [1.54, 1.807) is 6.07 Å². The molecule has 0 aliphatic heterocycles. The second kappa shape index (κ2) is 13.3. The van der Waals surface area contributed by atoms with E-state index in [4.69, 9.17) is 14.2 Å². The first kappa shape index (κ1) is 27.5. The molecule has 0 bridgehead atoms. The van der Waals surface area contributed by atoms with E-state index in [0.717, 1.165) is 27.5 Å². The fraction of sp³-hybridized carbons (Fsp3) is 0.143. The summed E-state index contributed by atoms with van der Waals surface area (Å²) in [5.74, 6) is 0.254. The molecule has 5 aromatic carbocycles. The van der Waals surface area contributed by atoms with Gasteiger partial charge in [-0.3, -0.25) is 4.79 Å². The lowest BCUT2D eigenvalue weighted by atomic mass is 10.0. The van der Waals surface area contributed by atoms with E-state index in [1.165, 1.54) is 7.11 Å². The summed E-state index contributed by atoms with van der Waals surface area (Å²) >= 11 is 0. The average molecular weight is 546 g/mol. The highest BCUT2D eigenvalue weighted by Gasteiger charge is 2.24. The number of carbonyl (C=O) groups excluding carboxylic acids is 2. The normalized spacial score (nSPS) is 11.4. The predicted molar refractivity (Wildman–Crippen MR) is 159 cm³/mol. The van der Waals surface area contributed by atoms with Gasteiger partial charge in [0, 0.05) is 12.0 Å². The van der Waals surface area contributed by atoms with Gasteiger partial charge in [0.2, 0.25) is 0 Å². The topological polar surface area (TPSA) is 73.9 Å². The van der Waals surface area contributed by atoms with Gasteiger partial charge in [-0.05, 0) is 45.7 Å². The van der Waals surface area contributed by atoms with Gasteiger partial charge in [0.25, 0.3) is 5.91 Å². The molecule has 1 amide bonds. The van der Waals surface area contributed by atoms with Gasteiger partial charge in [0.05, 0.1) is 7.11 Å². The van der Waals surface area contributed by atoms with Gasteiger partial charge in [-0.1, -0.05) is 103 Å². The van der Waals surface area contributed by atoms with Crippen molar-refractivity contribution in [3.63, 3.8) is 0 Å². The van der Waals surface area contributed by atoms with Crippen LogP contribution in [-0.2, 0) is 29.2 Å². The van der Waals surface area contributed by atoms with Crippen LogP contribution in [0.25, 0.3) is 10.8 Å². The monoisotopic (exact) mass is 545 g/mol. The molecule has 0 spiro atoms. The van der Waals surface area contributed by atoms with Crippen LogP contribution in [0.3, 0.4) is 0 Å². The van der Waals surface area contributed by atoms with E-state index in [9.17, 15) is 9.59 Å². The number of esters is 1. The SMILES string of the molecule is COC(=O)[C@@H](Cc1ccc(OCc2ccccc2)c(OCc2ccccc2)c1)NC(=O)c1cccc2ccccc12. The molecular weight excluding hydrogens is 514 g/mol. The van der Waals surface area contributed by atoms with E-state index in [1.807, 2.05) is 115 Å². The third-order valence-corrected chi connectivity index (χ3v) is 6.75. The number of methoxy groups -OCH3 is 1. The fourth-order valence-corrected chi connectivity index (χ4v) is 4.61. The first-order valence-electron chi connectivity index (χ1n) is 13.4. The quantitative estimate of drug-likeness (QED) is 0.192. The summed E-state index contributed by atoms with van der Waals surface area (Å²) in [6.07, 6.45) is 0.212. The summed E-state index contributed by atoms with van der Waals surface area (Å²) in [5, 5.41) is 4.64. The predicted octanol–water partition coefficient (Wildman–Crippen LogP) is 6.51. The Morgan fingerprint density at radius 1 is 0.659 bits per heavy atom. The molecule has 0 unspecified atom stereocenters. The number of fused-ring (bicyclic) bond motifs is 1. The van der Waals surface area contributed by atoms with E-state index < -0.39 is 12.0 Å². The van der Waals surface area contributed by atoms with Crippen LogP contribution in [0.2, 0.25) is 0 Å². The number of hydrogen-bond donors (Lipinski definition) is 1. The van der Waals surface area contributed by atoms with E-state index >= 15 is 0 Å². The number of nitrogens with one attached hydrogen (secondary N) is 1. The number of carbonyl (C=O) groups is 2. The summed E-state index contributed by atoms with van der Waals surface area (Å²) in [6.45, 7) is 0.734.